The largest absolute Gasteiger partial charge is 0.456 e. The molecule has 1 nitrogen and oxygen atoms in total. The molecular weight excluding hydrogens is 279 g/mol. The first kappa shape index (κ1) is 13.0. The minimum Gasteiger partial charge on any atom is -0.456 e. The molecule has 0 atom stereocenters. The van der Waals surface area contributed by atoms with Crippen molar-refractivity contribution >= 4 is 41.3 Å². The minimum absolute atomic E-state index is 0.0667. The molecule has 0 saturated carbocycles. The summed E-state index contributed by atoms with van der Waals surface area (Å²) in [6.07, 6.45) is 8.80. The van der Waals surface area contributed by atoms with Crippen LogP contribution in [0, 0.1) is 5.41 Å². The van der Waals surface area contributed by atoms with Crippen LogP contribution in [-0.2, 0) is 0 Å². The van der Waals surface area contributed by atoms with E-state index in [9.17, 15) is 0 Å². The summed E-state index contributed by atoms with van der Waals surface area (Å²) >= 11 is 0. The second kappa shape index (κ2) is 4.29. The number of benzene rings is 2. The Morgan fingerprint density at radius 1 is 0.913 bits per heavy atom. The van der Waals surface area contributed by atoms with Crippen LogP contribution in [0.15, 0.2) is 53.0 Å². The molecule has 0 spiro atoms. The maximum atomic E-state index is 6.15. The molecule has 0 bridgehead atoms. The average Bonchev–Trinajstić information content (AvgIpc) is 3.01. The molecule has 0 fully saturated rings. The van der Waals surface area contributed by atoms with Gasteiger partial charge in [-0.15, -0.1) is 0 Å². The number of rotatable bonds is 0. The van der Waals surface area contributed by atoms with Gasteiger partial charge in [-0.3, -0.25) is 0 Å². The van der Waals surface area contributed by atoms with E-state index in [1.54, 1.807) is 0 Å². The van der Waals surface area contributed by atoms with Gasteiger partial charge in [-0.05, 0) is 29.3 Å². The Bertz CT molecular complexity index is 1020. The topological polar surface area (TPSA) is 13.1 Å². The zero-order valence-corrected chi connectivity index (χ0v) is 13.4. The van der Waals surface area contributed by atoms with Gasteiger partial charge >= 0.3 is 0 Å². The third kappa shape index (κ3) is 1.88. The highest BCUT2D eigenvalue weighted by Crippen LogP contribution is 2.36. The van der Waals surface area contributed by atoms with E-state index in [-0.39, 0.29) is 5.41 Å². The van der Waals surface area contributed by atoms with E-state index in [4.69, 9.17) is 4.42 Å². The van der Waals surface area contributed by atoms with Crippen LogP contribution in [0.4, 0.5) is 0 Å². The lowest BCUT2D eigenvalue weighted by Crippen LogP contribution is -2.20. The van der Waals surface area contributed by atoms with Crippen LogP contribution in [0.3, 0.4) is 0 Å². The molecule has 23 heavy (non-hydrogen) atoms. The SMILES string of the molecule is CC1(C)C=Cc2oc3cc4c(cc3c2C=C1)-c1ccccc1B4. The molecule has 5 rings (SSSR count). The molecular formula is C21H17BO. The Hall–Kier alpha value is -2.48. The monoisotopic (exact) mass is 296 g/mol. The predicted molar refractivity (Wildman–Crippen MR) is 99.9 cm³/mol. The molecule has 2 aromatic carbocycles. The maximum absolute atomic E-state index is 6.15. The predicted octanol–water partition coefficient (Wildman–Crippen LogP) is 3.87. The van der Waals surface area contributed by atoms with Crippen molar-refractivity contribution in [3.8, 4) is 11.1 Å². The number of hydrogen-bond donors (Lipinski definition) is 0. The Morgan fingerprint density at radius 2 is 1.74 bits per heavy atom. The van der Waals surface area contributed by atoms with E-state index in [0.717, 1.165) is 18.6 Å². The molecule has 0 amide bonds. The number of hydrogen-bond acceptors (Lipinski definition) is 1. The van der Waals surface area contributed by atoms with Gasteiger partial charge in [-0.25, -0.2) is 0 Å². The lowest BCUT2D eigenvalue weighted by atomic mass is 9.68. The van der Waals surface area contributed by atoms with Crippen molar-refractivity contribution in [3.05, 3.63) is 59.9 Å². The van der Waals surface area contributed by atoms with Crippen molar-refractivity contribution in [3.63, 3.8) is 0 Å². The lowest BCUT2D eigenvalue weighted by Gasteiger charge is -2.12. The van der Waals surface area contributed by atoms with E-state index < -0.39 is 0 Å². The summed E-state index contributed by atoms with van der Waals surface area (Å²) in [7, 11) is 1.01. The molecule has 1 aliphatic heterocycles. The van der Waals surface area contributed by atoms with Gasteiger partial charge in [0.1, 0.15) is 11.3 Å². The smallest absolute Gasteiger partial charge is 0.194 e. The van der Waals surface area contributed by atoms with E-state index in [2.05, 4.69) is 74.5 Å². The van der Waals surface area contributed by atoms with E-state index in [1.165, 1.54) is 33.0 Å². The Labute approximate surface area is 136 Å². The van der Waals surface area contributed by atoms with Crippen LogP contribution in [-0.4, -0.2) is 7.28 Å². The fraction of sp³-hybridized carbons (Fsp3) is 0.143. The molecule has 0 unspecified atom stereocenters. The van der Waals surface area contributed by atoms with Crippen molar-refractivity contribution in [1.82, 2.24) is 0 Å². The third-order valence-corrected chi connectivity index (χ3v) is 5.01. The van der Waals surface area contributed by atoms with Crippen LogP contribution in [0.25, 0.3) is 34.2 Å². The quantitative estimate of drug-likeness (QED) is 0.449. The normalized spacial score (nSPS) is 16.6. The minimum atomic E-state index is 0.0667. The number of allylic oxidation sites excluding steroid dienone is 2. The lowest BCUT2D eigenvalue weighted by molar-refractivity contribution is 0.600. The first-order valence-electron chi connectivity index (χ1n) is 8.17. The van der Waals surface area contributed by atoms with E-state index >= 15 is 0 Å². The van der Waals surface area contributed by atoms with Crippen molar-refractivity contribution < 1.29 is 4.42 Å². The second-order valence-electron chi connectivity index (χ2n) is 7.21. The van der Waals surface area contributed by atoms with Gasteiger partial charge in [-0.1, -0.05) is 67.3 Å². The highest BCUT2D eigenvalue weighted by atomic mass is 16.3. The first-order valence-corrected chi connectivity index (χ1v) is 8.17. The summed E-state index contributed by atoms with van der Waals surface area (Å²) in [5.74, 6) is 0.971. The fourth-order valence-electron chi connectivity index (χ4n) is 3.70. The highest BCUT2D eigenvalue weighted by molar-refractivity contribution is 6.73. The molecule has 1 aliphatic carbocycles. The van der Waals surface area contributed by atoms with Gasteiger partial charge in [0.2, 0.25) is 0 Å². The van der Waals surface area contributed by atoms with Crippen molar-refractivity contribution in [2.24, 2.45) is 5.41 Å². The Morgan fingerprint density at radius 3 is 2.65 bits per heavy atom. The van der Waals surface area contributed by atoms with Crippen molar-refractivity contribution in [2.75, 3.05) is 0 Å². The van der Waals surface area contributed by atoms with Gasteiger partial charge in [0.15, 0.2) is 7.28 Å². The van der Waals surface area contributed by atoms with Gasteiger partial charge in [-0.2, -0.15) is 0 Å². The van der Waals surface area contributed by atoms with Crippen LogP contribution in [0.2, 0.25) is 0 Å². The third-order valence-electron chi connectivity index (χ3n) is 5.01. The molecule has 2 aliphatic rings. The Balaban J connectivity index is 1.78. The summed E-state index contributed by atoms with van der Waals surface area (Å²) in [6.45, 7) is 4.42. The summed E-state index contributed by atoms with van der Waals surface area (Å²) in [4.78, 5) is 0. The van der Waals surface area contributed by atoms with Crippen LogP contribution >= 0.6 is 0 Å². The first-order chi connectivity index (χ1) is 11.1. The Kier molecular flexibility index (Phi) is 2.43. The average molecular weight is 296 g/mol. The molecule has 2 heteroatoms. The second-order valence-corrected chi connectivity index (χ2v) is 7.21. The van der Waals surface area contributed by atoms with Gasteiger partial charge in [0, 0.05) is 16.4 Å². The molecule has 2 heterocycles. The van der Waals surface area contributed by atoms with Crippen molar-refractivity contribution in [1.29, 1.82) is 0 Å². The molecule has 1 aromatic heterocycles. The number of fused-ring (bicyclic) bond motifs is 6. The van der Waals surface area contributed by atoms with E-state index in [1.807, 2.05) is 0 Å². The molecule has 0 N–H and O–H groups in total. The molecule has 110 valence electrons. The summed E-state index contributed by atoms with van der Waals surface area (Å²) < 4.78 is 6.15. The summed E-state index contributed by atoms with van der Waals surface area (Å²) in [6, 6.07) is 13.2. The van der Waals surface area contributed by atoms with Gasteiger partial charge in [0.25, 0.3) is 0 Å². The maximum Gasteiger partial charge on any atom is 0.194 e. The number of furan rings is 1. The highest BCUT2D eigenvalue weighted by Gasteiger charge is 2.23. The molecule has 0 radical (unpaired) electrons. The summed E-state index contributed by atoms with van der Waals surface area (Å²) in [5, 5.41) is 1.22. The van der Waals surface area contributed by atoms with Crippen LogP contribution in [0.1, 0.15) is 25.2 Å². The molecule has 0 saturated heterocycles. The molecule has 3 aromatic rings. The van der Waals surface area contributed by atoms with E-state index in [0.29, 0.717) is 0 Å². The van der Waals surface area contributed by atoms with Gasteiger partial charge < -0.3 is 4.42 Å². The summed E-state index contributed by atoms with van der Waals surface area (Å²) in [5.41, 5.74) is 7.78. The zero-order valence-electron chi connectivity index (χ0n) is 13.4. The van der Waals surface area contributed by atoms with Crippen LogP contribution in [0.5, 0.6) is 0 Å². The van der Waals surface area contributed by atoms with Gasteiger partial charge in [0.05, 0.1) is 0 Å². The van der Waals surface area contributed by atoms with Crippen molar-refractivity contribution in [2.45, 2.75) is 13.8 Å². The fourth-order valence-corrected chi connectivity index (χ4v) is 3.70. The van der Waals surface area contributed by atoms with Crippen LogP contribution < -0.4 is 10.9 Å². The zero-order chi connectivity index (χ0) is 15.6. The standard InChI is InChI=1S/C21H17BO/c1-21(2)9-7-14-16-11-15-13-5-3-4-6-17(13)22-18(15)12-20(16)23-19(14)8-10-21/h3-12,22H,1-2H3.